The molecule has 0 radical (unpaired) electrons. The summed E-state index contributed by atoms with van der Waals surface area (Å²) in [7, 11) is 0. The van der Waals surface area contributed by atoms with Gasteiger partial charge in [-0.15, -0.1) is 0 Å². The molecule has 0 amide bonds. The highest BCUT2D eigenvalue weighted by molar-refractivity contribution is 5.29. The minimum atomic E-state index is 0.215. The number of anilines is 1. The molecule has 1 saturated heterocycles. The maximum Gasteiger partial charge on any atom is 0.225 e. The summed E-state index contributed by atoms with van der Waals surface area (Å²) >= 11 is 0. The SMILES string of the molecule is N#CC1CCCCCC1N1CCN(c2ncccn2)CC1. The molecule has 2 unspecified atom stereocenters. The molecule has 1 aliphatic carbocycles. The summed E-state index contributed by atoms with van der Waals surface area (Å²) in [5, 5.41) is 9.44. The lowest BCUT2D eigenvalue weighted by Crippen LogP contribution is -2.52. The number of piperazine rings is 1. The Hall–Kier alpha value is -1.67. The van der Waals surface area contributed by atoms with Crippen LogP contribution in [0.2, 0.25) is 0 Å². The second kappa shape index (κ2) is 6.86. The van der Waals surface area contributed by atoms with Crippen LogP contribution in [0.1, 0.15) is 32.1 Å². The fourth-order valence-corrected chi connectivity index (χ4v) is 3.58. The van der Waals surface area contributed by atoms with Crippen LogP contribution in [0.4, 0.5) is 5.95 Å². The summed E-state index contributed by atoms with van der Waals surface area (Å²) in [4.78, 5) is 13.4. The molecule has 3 rings (SSSR count). The van der Waals surface area contributed by atoms with Crippen molar-refractivity contribution in [3.8, 4) is 6.07 Å². The van der Waals surface area contributed by atoms with Crippen LogP contribution < -0.4 is 4.90 Å². The molecule has 1 aliphatic heterocycles. The summed E-state index contributed by atoms with van der Waals surface area (Å²) in [5.41, 5.74) is 0. The first-order valence-electron chi connectivity index (χ1n) is 8.04. The zero-order valence-electron chi connectivity index (χ0n) is 12.5. The van der Waals surface area contributed by atoms with Gasteiger partial charge in [-0.05, 0) is 18.9 Å². The van der Waals surface area contributed by atoms with E-state index in [0.717, 1.165) is 38.5 Å². The lowest BCUT2D eigenvalue weighted by atomic mass is 9.94. The van der Waals surface area contributed by atoms with Gasteiger partial charge in [0.1, 0.15) is 0 Å². The maximum atomic E-state index is 9.44. The molecule has 0 bridgehead atoms. The standard InChI is InChI=1S/C16H23N5/c17-13-14-5-2-1-3-6-15(14)20-9-11-21(12-10-20)16-18-7-4-8-19-16/h4,7-8,14-15H,1-3,5-6,9-12H2. The minimum absolute atomic E-state index is 0.215. The van der Waals surface area contributed by atoms with Gasteiger partial charge in [0.05, 0.1) is 12.0 Å². The van der Waals surface area contributed by atoms with E-state index in [0.29, 0.717) is 6.04 Å². The lowest BCUT2D eigenvalue weighted by Gasteiger charge is -2.40. The zero-order chi connectivity index (χ0) is 14.5. The molecule has 2 atom stereocenters. The molecule has 21 heavy (non-hydrogen) atoms. The first-order valence-corrected chi connectivity index (χ1v) is 8.04. The smallest absolute Gasteiger partial charge is 0.225 e. The molecular weight excluding hydrogens is 262 g/mol. The van der Waals surface area contributed by atoms with Crippen molar-refractivity contribution in [1.82, 2.24) is 14.9 Å². The van der Waals surface area contributed by atoms with E-state index in [9.17, 15) is 5.26 Å². The molecule has 5 heteroatoms. The first-order chi connectivity index (χ1) is 10.4. The van der Waals surface area contributed by atoms with Crippen molar-refractivity contribution in [3.05, 3.63) is 18.5 Å². The number of rotatable bonds is 2. The highest BCUT2D eigenvalue weighted by Gasteiger charge is 2.31. The number of nitrogens with zero attached hydrogens (tertiary/aromatic N) is 5. The van der Waals surface area contributed by atoms with Crippen LogP contribution in [0.3, 0.4) is 0 Å². The monoisotopic (exact) mass is 285 g/mol. The average Bonchev–Trinajstić information content (AvgIpc) is 2.81. The van der Waals surface area contributed by atoms with Crippen LogP contribution >= 0.6 is 0 Å². The van der Waals surface area contributed by atoms with Crippen molar-refractivity contribution in [2.75, 3.05) is 31.1 Å². The average molecular weight is 285 g/mol. The van der Waals surface area contributed by atoms with E-state index in [2.05, 4.69) is 25.8 Å². The Kier molecular flexibility index (Phi) is 4.66. The van der Waals surface area contributed by atoms with Crippen molar-refractivity contribution in [2.45, 2.75) is 38.1 Å². The largest absolute Gasteiger partial charge is 0.338 e. The Balaban J connectivity index is 1.61. The van der Waals surface area contributed by atoms with Crippen LogP contribution in [0.5, 0.6) is 0 Å². The van der Waals surface area contributed by atoms with Gasteiger partial charge < -0.3 is 4.90 Å². The summed E-state index contributed by atoms with van der Waals surface area (Å²) in [5.74, 6) is 1.04. The molecule has 1 aromatic heterocycles. The molecule has 2 aliphatic rings. The van der Waals surface area contributed by atoms with E-state index in [1.54, 1.807) is 12.4 Å². The van der Waals surface area contributed by atoms with Crippen molar-refractivity contribution in [1.29, 1.82) is 5.26 Å². The third-order valence-electron chi connectivity index (χ3n) is 4.76. The van der Waals surface area contributed by atoms with Crippen LogP contribution in [0.25, 0.3) is 0 Å². The molecule has 1 aromatic rings. The third-order valence-corrected chi connectivity index (χ3v) is 4.76. The second-order valence-corrected chi connectivity index (χ2v) is 6.01. The molecule has 0 N–H and O–H groups in total. The van der Waals surface area contributed by atoms with Crippen LogP contribution in [0, 0.1) is 17.2 Å². The maximum absolute atomic E-state index is 9.44. The highest BCUT2D eigenvalue weighted by Crippen LogP contribution is 2.28. The van der Waals surface area contributed by atoms with E-state index in [4.69, 9.17) is 0 Å². The Morgan fingerprint density at radius 2 is 1.71 bits per heavy atom. The normalized spacial score (nSPS) is 27.9. The topological polar surface area (TPSA) is 56.1 Å². The summed E-state index contributed by atoms with van der Waals surface area (Å²) in [6.07, 6.45) is 9.62. The fraction of sp³-hybridized carbons (Fsp3) is 0.688. The lowest BCUT2D eigenvalue weighted by molar-refractivity contribution is 0.145. The molecule has 2 fully saturated rings. The minimum Gasteiger partial charge on any atom is -0.338 e. The predicted octanol–water partition coefficient (Wildman–Crippen LogP) is 2.07. The molecule has 5 nitrogen and oxygen atoms in total. The van der Waals surface area contributed by atoms with E-state index >= 15 is 0 Å². The Morgan fingerprint density at radius 3 is 2.43 bits per heavy atom. The van der Waals surface area contributed by atoms with Crippen molar-refractivity contribution >= 4 is 5.95 Å². The van der Waals surface area contributed by atoms with Gasteiger partial charge in [0, 0.05) is 44.6 Å². The summed E-state index contributed by atoms with van der Waals surface area (Å²) < 4.78 is 0. The van der Waals surface area contributed by atoms with E-state index in [-0.39, 0.29) is 5.92 Å². The highest BCUT2D eigenvalue weighted by atomic mass is 15.3. The van der Waals surface area contributed by atoms with Gasteiger partial charge in [-0.1, -0.05) is 19.3 Å². The van der Waals surface area contributed by atoms with Crippen LogP contribution in [-0.2, 0) is 0 Å². The number of aromatic nitrogens is 2. The summed E-state index contributed by atoms with van der Waals surface area (Å²) in [6, 6.07) is 4.86. The van der Waals surface area contributed by atoms with Crippen molar-refractivity contribution in [2.24, 2.45) is 5.92 Å². The van der Waals surface area contributed by atoms with Crippen LogP contribution in [-0.4, -0.2) is 47.1 Å². The second-order valence-electron chi connectivity index (χ2n) is 6.01. The molecule has 0 aromatic carbocycles. The van der Waals surface area contributed by atoms with Gasteiger partial charge in [-0.25, -0.2) is 9.97 Å². The van der Waals surface area contributed by atoms with Crippen molar-refractivity contribution < 1.29 is 0 Å². The zero-order valence-corrected chi connectivity index (χ0v) is 12.5. The van der Waals surface area contributed by atoms with Gasteiger partial charge in [0.15, 0.2) is 0 Å². The van der Waals surface area contributed by atoms with Gasteiger partial charge in [0.2, 0.25) is 5.95 Å². The van der Waals surface area contributed by atoms with Crippen molar-refractivity contribution in [3.63, 3.8) is 0 Å². The van der Waals surface area contributed by atoms with E-state index < -0.39 is 0 Å². The molecular formula is C16H23N5. The fourth-order valence-electron chi connectivity index (χ4n) is 3.58. The number of nitriles is 1. The molecule has 1 saturated carbocycles. The van der Waals surface area contributed by atoms with E-state index in [1.165, 1.54) is 25.7 Å². The van der Waals surface area contributed by atoms with Crippen LogP contribution in [0.15, 0.2) is 18.5 Å². The summed E-state index contributed by atoms with van der Waals surface area (Å²) in [6.45, 7) is 3.94. The molecule has 112 valence electrons. The van der Waals surface area contributed by atoms with Gasteiger partial charge in [0.25, 0.3) is 0 Å². The number of hydrogen-bond donors (Lipinski definition) is 0. The van der Waals surface area contributed by atoms with E-state index in [1.807, 2.05) is 6.07 Å². The number of hydrogen-bond acceptors (Lipinski definition) is 5. The molecule has 2 heterocycles. The van der Waals surface area contributed by atoms with Gasteiger partial charge >= 0.3 is 0 Å². The Labute approximate surface area is 126 Å². The predicted molar refractivity (Wildman–Crippen MR) is 81.8 cm³/mol. The van der Waals surface area contributed by atoms with Gasteiger partial charge in [-0.3, -0.25) is 4.90 Å². The Morgan fingerprint density at radius 1 is 1.00 bits per heavy atom. The first kappa shape index (κ1) is 14.3. The van der Waals surface area contributed by atoms with Gasteiger partial charge in [-0.2, -0.15) is 5.26 Å². The quantitative estimate of drug-likeness (QED) is 0.779. The third kappa shape index (κ3) is 3.33. The molecule has 0 spiro atoms. The Bertz CT molecular complexity index is 475.